The minimum atomic E-state index is -2.45. The van der Waals surface area contributed by atoms with Crippen molar-refractivity contribution in [2.24, 2.45) is 11.8 Å². The molecule has 4 heteroatoms. The van der Waals surface area contributed by atoms with Gasteiger partial charge in [-0.1, -0.05) is 19.9 Å². The van der Waals surface area contributed by atoms with Gasteiger partial charge in [0.2, 0.25) is 0 Å². The molecule has 0 N–H and O–H groups in total. The zero-order chi connectivity index (χ0) is 14.0. The molecule has 0 aliphatic rings. The summed E-state index contributed by atoms with van der Waals surface area (Å²) in [6, 6.07) is 0.891. The van der Waals surface area contributed by atoms with Gasteiger partial charge in [0.25, 0.3) is 0 Å². The molecule has 108 valence electrons. The monoisotopic (exact) mass is 274 g/mol. The number of allylic oxidation sites excluding steroid dienone is 1. The lowest BCUT2D eigenvalue weighted by atomic mass is 9.94. The van der Waals surface area contributed by atoms with Crippen LogP contribution in [-0.4, -0.2) is 28.6 Å². The van der Waals surface area contributed by atoms with Crippen LogP contribution in [0.2, 0.25) is 6.04 Å². The van der Waals surface area contributed by atoms with Gasteiger partial charge in [-0.3, -0.25) is 0 Å². The summed E-state index contributed by atoms with van der Waals surface area (Å²) in [5.41, 5.74) is 0. The summed E-state index contributed by atoms with van der Waals surface area (Å²) in [5, 5.41) is 0. The first-order chi connectivity index (χ1) is 8.55. The van der Waals surface area contributed by atoms with E-state index in [0.717, 1.165) is 12.5 Å². The summed E-state index contributed by atoms with van der Waals surface area (Å²) in [7, 11) is -2.45. The van der Waals surface area contributed by atoms with Gasteiger partial charge in [0.1, 0.15) is 0 Å². The first-order valence-corrected chi connectivity index (χ1v) is 9.02. The van der Waals surface area contributed by atoms with Crippen LogP contribution in [0.15, 0.2) is 12.7 Å². The highest BCUT2D eigenvalue weighted by Crippen LogP contribution is 2.25. The van der Waals surface area contributed by atoms with Gasteiger partial charge in [0.05, 0.1) is 0 Å². The summed E-state index contributed by atoms with van der Waals surface area (Å²) in [6.07, 6.45) is 3.06. The zero-order valence-electron chi connectivity index (χ0n) is 12.7. The second-order valence-electron chi connectivity index (χ2n) is 4.59. The van der Waals surface area contributed by atoms with E-state index in [0.29, 0.717) is 31.7 Å². The standard InChI is InChI=1S/C14H30O3Si/c1-7-13(5)14(6)11-12-18(15-8-2,16-9-3)17-10-4/h7,13-14H,1,8-12H2,2-6H3. The molecule has 0 aromatic heterocycles. The van der Waals surface area contributed by atoms with Crippen molar-refractivity contribution < 1.29 is 13.3 Å². The molecular formula is C14H30O3Si. The fourth-order valence-corrected chi connectivity index (χ4v) is 4.71. The predicted octanol–water partition coefficient (Wildman–Crippen LogP) is 3.88. The molecule has 3 nitrogen and oxygen atoms in total. The lowest BCUT2D eigenvalue weighted by Gasteiger charge is -2.30. The quantitative estimate of drug-likeness (QED) is 0.423. The van der Waals surface area contributed by atoms with Gasteiger partial charge in [-0.2, -0.15) is 0 Å². The Balaban J connectivity index is 4.50. The van der Waals surface area contributed by atoms with Crippen LogP contribution >= 0.6 is 0 Å². The Labute approximate surface area is 114 Å². The second-order valence-corrected chi connectivity index (χ2v) is 7.32. The second kappa shape index (κ2) is 9.73. The molecule has 0 radical (unpaired) electrons. The van der Waals surface area contributed by atoms with Crippen LogP contribution in [0.1, 0.15) is 41.0 Å². The molecule has 2 atom stereocenters. The number of hydrogen-bond acceptors (Lipinski definition) is 3. The Morgan fingerprint density at radius 2 is 1.44 bits per heavy atom. The minimum absolute atomic E-state index is 0.515. The lowest BCUT2D eigenvalue weighted by Crippen LogP contribution is -2.46. The van der Waals surface area contributed by atoms with E-state index in [1.54, 1.807) is 0 Å². The molecule has 0 aliphatic heterocycles. The largest absolute Gasteiger partial charge is 0.500 e. The summed E-state index contributed by atoms with van der Waals surface area (Å²) in [5.74, 6) is 1.09. The molecule has 0 aromatic carbocycles. The Hall–Kier alpha value is -0.163. The normalized spacial score (nSPS) is 15.4. The summed E-state index contributed by atoms with van der Waals surface area (Å²) < 4.78 is 17.5. The third-order valence-corrected chi connectivity index (χ3v) is 6.35. The van der Waals surface area contributed by atoms with E-state index < -0.39 is 8.80 Å². The zero-order valence-corrected chi connectivity index (χ0v) is 13.7. The van der Waals surface area contributed by atoms with Gasteiger partial charge in [-0.05, 0) is 39.0 Å². The molecule has 0 aliphatic carbocycles. The fourth-order valence-electron chi connectivity index (χ4n) is 1.90. The molecule has 0 saturated carbocycles. The van der Waals surface area contributed by atoms with Gasteiger partial charge in [0, 0.05) is 25.9 Å². The first-order valence-electron chi connectivity index (χ1n) is 7.09. The highest BCUT2D eigenvalue weighted by atomic mass is 28.4. The molecule has 0 fully saturated rings. The van der Waals surface area contributed by atoms with Crippen molar-refractivity contribution in [2.75, 3.05) is 19.8 Å². The Bertz CT molecular complexity index is 204. The Kier molecular flexibility index (Phi) is 9.64. The van der Waals surface area contributed by atoms with Crippen LogP contribution in [0.25, 0.3) is 0 Å². The Morgan fingerprint density at radius 3 is 1.78 bits per heavy atom. The fraction of sp³-hybridized carbons (Fsp3) is 0.857. The molecule has 0 aromatic rings. The van der Waals surface area contributed by atoms with Crippen molar-refractivity contribution in [1.82, 2.24) is 0 Å². The predicted molar refractivity (Wildman–Crippen MR) is 78.6 cm³/mol. The maximum atomic E-state index is 5.84. The SMILES string of the molecule is C=CC(C)C(C)CC[Si](OCC)(OCC)OCC. The van der Waals surface area contributed by atoms with Crippen molar-refractivity contribution in [3.63, 3.8) is 0 Å². The number of hydrogen-bond donors (Lipinski definition) is 0. The maximum Gasteiger partial charge on any atom is 0.500 e. The molecule has 0 bridgehead atoms. The topological polar surface area (TPSA) is 27.7 Å². The van der Waals surface area contributed by atoms with Crippen LogP contribution in [0.4, 0.5) is 0 Å². The lowest BCUT2D eigenvalue weighted by molar-refractivity contribution is 0.0693. The molecule has 0 amide bonds. The van der Waals surface area contributed by atoms with E-state index in [-0.39, 0.29) is 0 Å². The van der Waals surface area contributed by atoms with Gasteiger partial charge >= 0.3 is 8.80 Å². The van der Waals surface area contributed by atoms with E-state index in [9.17, 15) is 0 Å². The highest BCUT2D eigenvalue weighted by molar-refractivity contribution is 6.60. The van der Waals surface area contributed by atoms with Crippen molar-refractivity contribution in [3.05, 3.63) is 12.7 Å². The molecule has 0 spiro atoms. The summed E-state index contributed by atoms with van der Waals surface area (Å²) in [4.78, 5) is 0. The summed E-state index contributed by atoms with van der Waals surface area (Å²) in [6.45, 7) is 16.2. The van der Waals surface area contributed by atoms with Crippen LogP contribution in [-0.2, 0) is 13.3 Å². The van der Waals surface area contributed by atoms with Crippen LogP contribution in [0, 0.1) is 11.8 Å². The van der Waals surface area contributed by atoms with Crippen molar-refractivity contribution >= 4 is 8.80 Å². The minimum Gasteiger partial charge on any atom is -0.374 e. The third kappa shape index (κ3) is 6.14. The molecule has 2 unspecified atom stereocenters. The van der Waals surface area contributed by atoms with E-state index in [4.69, 9.17) is 13.3 Å². The van der Waals surface area contributed by atoms with Gasteiger partial charge in [0.15, 0.2) is 0 Å². The van der Waals surface area contributed by atoms with Crippen LogP contribution in [0.3, 0.4) is 0 Å². The van der Waals surface area contributed by atoms with Crippen molar-refractivity contribution in [2.45, 2.75) is 47.1 Å². The summed E-state index contributed by atoms with van der Waals surface area (Å²) >= 11 is 0. The van der Waals surface area contributed by atoms with E-state index in [2.05, 4.69) is 20.4 Å². The highest BCUT2D eigenvalue weighted by Gasteiger charge is 2.40. The third-order valence-electron chi connectivity index (χ3n) is 3.27. The molecular weight excluding hydrogens is 244 g/mol. The molecule has 18 heavy (non-hydrogen) atoms. The maximum absolute atomic E-state index is 5.84. The van der Waals surface area contributed by atoms with E-state index >= 15 is 0 Å². The average Bonchev–Trinajstić information content (AvgIpc) is 2.36. The number of rotatable bonds is 11. The van der Waals surface area contributed by atoms with Gasteiger partial charge in [-0.25, -0.2) is 0 Å². The molecule has 0 saturated heterocycles. The van der Waals surface area contributed by atoms with Crippen LogP contribution < -0.4 is 0 Å². The molecule has 0 heterocycles. The molecule has 0 rings (SSSR count). The smallest absolute Gasteiger partial charge is 0.374 e. The van der Waals surface area contributed by atoms with Crippen molar-refractivity contribution in [1.29, 1.82) is 0 Å². The van der Waals surface area contributed by atoms with Gasteiger partial charge < -0.3 is 13.3 Å². The van der Waals surface area contributed by atoms with E-state index in [1.165, 1.54) is 0 Å². The first kappa shape index (κ1) is 17.8. The van der Waals surface area contributed by atoms with Crippen molar-refractivity contribution in [3.8, 4) is 0 Å². The average molecular weight is 274 g/mol. The van der Waals surface area contributed by atoms with Gasteiger partial charge in [-0.15, -0.1) is 6.58 Å². The van der Waals surface area contributed by atoms with E-state index in [1.807, 2.05) is 26.8 Å². The van der Waals surface area contributed by atoms with Crippen LogP contribution in [0.5, 0.6) is 0 Å². The Morgan fingerprint density at radius 1 is 1.00 bits per heavy atom.